The second-order valence-corrected chi connectivity index (χ2v) is 8.66. The molecule has 2 aromatic rings. The fourth-order valence-electron chi connectivity index (χ4n) is 4.71. The van der Waals surface area contributed by atoms with Crippen LogP contribution >= 0.6 is 0 Å². The molecule has 160 valence electrons. The van der Waals surface area contributed by atoms with E-state index in [1.807, 2.05) is 38.1 Å². The fraction of sp³-hybridized carbons (Fsp3) is 0.440. The third-order valence-electron chi connectivity index (χ3n) is 6.30. The molecule has 0 aromatic heterocycles. The molecule has 2 N–H and O–H groups in total. The molecule has 0 radical (unpaired) electrons. The number of para-hydroxylation sites is 1. The van der Waals surface area contributed by atoms with Gasteiger partial charge in [-0.25, -0.2) is 0 Å². The summed E-state index contributed by atoms with van der Waals surface area (Å²) in [7, 11) is 1.67. The predicted octanol–water partition coefficient (Wildman–Crippen LogP) is 3.77. The molecule has 1 aliphatic heterocycles. The number of benzene rings is 2. The Hall–Kier alpha value is -2.66. The fourth-order valence-corrected chi connectivity index (χ4v) is 4.71. The summed E-state index contributed by atoms with van der Waals surface area (Å²) in [5, 5.41) is 5.90. The molecular weight excluding hydrogens is 374 g/mol. The van der Waals surface area contributed by atoms with E-state index in [1.165, 1.54) is 5.56 Å². The zero-order chi connectivity index (χ0) is 21.6. The van der Waals surface area contributed by atoms with Crippen molar-refractivity contribution < 1.29 is 14.1 Å². The molecule has 5 heteroatoms. The van der Waals surface area contributed by atoms with Gasteiger partial charge >= 0.3 is 0 Å². The molecule has 0 saturated carbocycles. The molecule has 0 aliphatic carbocycles. The monoisotopic (exact) mass is 408 g/mol. The van der Waals surface area contributed by atoms with Crippen LogP contribution in [0.25, 0.3) is 0 Å². The largest absolute Gasteiger partial charge is 0.354 e. The van der Waals surface area contributed by atoms with Gasteiger partial charge in [0.2, 0.25) is 0 Å². The molecule has 0 bridgehead atoms. The van der Waals surface area contributed by atoms with Crippen LogP contribution in [0.5, 0.6) is 0 Å². The lowest BCUT2D eigenvalue weighted by Crippen LogP contribution is -2.58. The summed E-state index contributed by atoms with van der Waals surface area (Å²) in [6.45, 7) is 6.31. The minimum Gasteiger partial charge on any atom is -0.354 e. The van der Waals surface area contributed by atoms with Gasteiger partial charge < -0.3 is 15.1 Å². The number of hydrogen-bond donors (Lipinski definition) is 2. The maximum atomic E-state index is 13.2. The SMILES string of the molecule is CNC(=O)C[N+]1(CC(=O)Nc2c(C)cccc2C)CCCCC(c2ccccc2)C1. The highest BCUT2D eigenvalue weighted by Gasteiger charge is 2.37. The average Bonchev–Trinajstić information content (AvgIpc) is 2.94. The molecule has 2 unspecified atom stereocenters. The third-order valence-corrected chi connectivity index (χ3v) is 6.30. The number of hydrogen-bond acceptors (Lipinski definition) is 2. The van der Waals surface area contributed by atoms with Gasteiger partial charge in [0.25, 0.3) is 11.8 Å². The van der Waals surface area contributed by atoms with Gasteiger partial charge in [-0.05, 0) is 49.8 Å². The minimum atomic E-state index is -0.0231. The number of carbonyl (C=O) groups is 2. The Bertz CT molecular complexity index is 861. The van der Waals surface area contributed by atoms with E-state index in [2.05, 4.69) is 34.9 Å². The molecule has 2 amide bonds. The summed E-state index contributed by atoms with van der Waals surface area (Å²) in [5.74, 6) is 0.319. The standard InChI is InChI=1S/C25H33N3O2/c1-19-10-9-11-20(2)25(19)27-24(30)18-28(17-23(29)26-3)15-8-7-14-22(16-28)21-12-5-4-6-13-21/h4-6,9-13,22H,7-8,14-18H2,1-3H3,(H-,26,27,29,30)/p+1. The van der Waals surface area contributed by atoms with Gasteiger partial charge in [0.05, 0.1) is 13.1 Å². The van der Waals surface area contributed by atoms with E-state index in [0.717, 1.165) is 49.2 Å². The predicted molar refractivity (Wildman–Crippen MR) is 121 cm³/mol. The van der Waals surface area contributed by atoms with E-state index in [9.17, 15) is 9.59 Å². The van der Waals surface area contributed by atoms with E-state index in [1.54, 1.807) is 7.05 Å². The number of aryl methyl sites for hydroxylation is 2. The first-order valence-electron chi connectivity index (χ1n) is 10.9. The Labute approximate surface area is 180 Å². The molecule has 0 spiro atoms. The summed E-state index contributed by atoms with van der Waals surface area (Å²) < 4.78 is 0.496. The normalized spacial score (nSPS) is 21.5. The van der Waals surface area contributed by atoms with Crippen LogP contribution in [0.15, 0.2) is 48.5 Å². The van der Waals surface area contributed by atoms with Crippen molar-refractivity contribution in [3.8, 4) is 0 Å². The molecule has 30 heavy (non-hydrogen) atoms. The first-order valence-corrected chi connectivity index (χ1v) is 10.9. The van der Waals surface area contributed by atoms with E-state index in [0.29, 0.717) is 23.5 Å². The van der Waals surface area contributed by atoms with Crippen molar-refractivity contribution in [1.29, 1.82) is 0 Å². The van der Waals surface area contributed by atoms with Crippen molar-refractivity contribution in [1.82, 2.24) is 5.32 Å². The first-order chi connectivity index (χ1) is 14.4. The molecule has 3 rings (SSSR count). The molecule has 1 fully saturated rings. The van der Waals surface area contributed by atoms with Crippen LogP contribution in [0.3, 0.4) is 0 Å². The number of carbonyl (C=O) groups excluding carboxylic acids is 2. The van der Waals surface area contributed by atoms with Crippen molar-refractivity contribution in [3.05, 3.63) is 65.2 Å². The van der Waals surface area contributed by atoms with Gasteiger partial charge in [-0.1, -0.05) is 48.5 Å². The highest BCUT2D eigenvalue weighted by Crippen LogP contribution is 2.30. The molecule has 2 aromatic carbocycles. The van der Waals surface area contributed by atoms with Gasteiger partial charge in [0.1, 0.15) is 0 Å². The van der Waals surface area contributed by atoms with Gasteiger partial charge in [-0.15, -0.1) is 0 Å². The lowest BCUT2D eigenvalue weighted by atomic mass is 9.94. The molecular formula is C25H34N3O2+. The summed E-state index contributed by atoms with van der Waals surface area (Å²) in [4.78, 5) is 25.6. The maximum Gasteiger partial charge on any atom is 0.279 e. The van der Waals surface area contributed by atoms with Crippen molar-refractivity contribution in [2.45, 2.75) is 39.0 Å². The van der Waals surface area contributed by atoms with Crippen LogP contribution in [0.1, 0.15) is 41.9 Å². The number of likely N-dealkylation sites (N-methyl/N-ethyl adjacent to an activating group) is 1. The highest BCUT2D eigenvalue weighted by molar-refractivity contribution is 5.93. The Morgan fingerprint density at radius 3 is 2.27 bits per heavy atom. The zero-order valence-corrected chi connectivity index (χ0v) is 18.4. The molecule has 2 atom stereocenters. The quantitative estimate of drug-likeness (QED) is 0.715. The summed E-state index contributed by atoms with van der Waals surface area (Å²) in [5.41, 5.74) is 4.29. The second kappa shape index (κ2) is 9.90. The number of amides is 2. The number of rotatable bonds is 6. The molecule has 1 heterocycles. The van der Waals surface area contributed by atoms with E-state index in [-0.39, 0.29) is 11.8 Å². The number of nitrogens with one attached hydrogen (secondary N) is 2. The topological polar surface area (TPSA) is 58.2 Å². The number of quaternary nitrogens is 1. The summed E-state index contributed by atoms with van der Waals surface area (Å²) in [6, 6.07) is 16.5. The second-order valence-electron chi connectivity index (χ2n) is 8.66. The Morgan fingerprint density at radius 2 is 1.60 bits per heavy atom. The van der Waals surface area contributed by atoms with Crippen LogP contribution in [0.4, 0.5) is 5.69 Å². The smallest absolute Gasteiger partial charge is 0.279 e. The van der Waals surface area contributed by atoms with Gasteiger partial charge in [0, 0.05) is 18.7 Å². The van der Waals surface area contributed by atoms with Gasteiger partial charge in [-0.3, -0.25) is 9.59 Å². The number of anilines is 1. The Balaban J connectivity index is 1.85. The maximum absolute atomic E-state index is 13.2. The van der Waals surface area contributed by atoms with Crippen LogP contribution in [-0.2, 0) is 9.59 Å². The summed E-state index contributed by atoms with van der Waals surface area (Å²) in [6.07, 6.45) is 3.24. The van der Waals surface area contributed by atoms with E-state index >= 15 is 0 Å². The van der Waals surface area contributed by atoms with Crippen LogP contribution in [-0.4, -0.2) is 49.5 Å². The van der Waals surface area contributed by atoms with Crippen molar-refractivity contribution in [3.63, 3.8) is 0 Å². The number of likely N-dealkylation sites (tertiary alicyclic amines) is 1. The van der Waals surface area contributed by atoms with Crippen LogP contribution in [0, 0.1) is 13.8 Å². The zero-order valence-electron chi connectivity index (χ0n) is 18.4. The molecule has 1 aliphatic rings. The van der Waals surface area contributed by atoms with Gasteiger partial charge in [0.15, 0.2) is 13.1 Å². The lowest BCUT2D eigenvalue weighted by Gasteiger charge is -2.38. The van der Waals surface area contributed by atoms with Crippen LogP contribution < -0.4 is 10.6 Å². The van der Waals surface area contributed by atoms with Crippen LogP contribution in [0.2, 0.25) is 0 Å². The Kier molecular flexibility index (Phi) is 7.27. The van der Waals surface area contributed by atoms with E-state index in [4.69, 9.17) is 0 Å². The molecule has 1 saturated heterocycles. The van der Waals surface area contributed by atoms with Crippen molar-refractivity contribution in [2.75, 3.05) is 38.5 Å². The average molecular weight is 409 g/mol. The highest BCUT2D eigenvalue weighted by atomic mass is 16.2. The van der Waals surface area contributed by atoms with E-state index < -0.39 is 0 Å². The Morgan fingerprint density at radius 1 is 0.933 bits per heavy atom. The number of nitrogens with zero attached hydrogens (tertiary/aromatic N) is 1. The minimum absolute atomic E-state index is 0.0106. The lowest BCUT2D eigenvalue weighted by molar-refractivity contribution is -0.913. The molecule has 5 nitrogen and oxygen atoms in total. The third kappa shape index (κ3) is 5.48. The van der Waals surface area contributed by atoms with Crippen molar-refractivity contribution in [2.24, 2.45) is 0 Å². The first kappa shape index (κ1) is 22.0. The van der Waals surface area contributed by atoms with Gasteiger partial charge in [-0.2, -0.15) is 0 Å². The van der Waals surface area contributed by atoms with Crippen molar-refractivity contribution >= 4 is 17.5 Å². The summed E-state index contributed by atoms with van der Waals surface area (Å²) >= 11 is 0.